The molecule has 0 aliphatic heterocycles. The van der Waals surface area contributed by atoms with Crippen LogP contribution < -0.4 is 16.6 Å². The quantitative estimate of drug-likeness (QED) is 0.287. The van der Waals surface area contributed by atoms with Crippen LogP contribution in [0, 0.1) is 5.82 Å². The van der Waals surface area contributed by atoms with E-state index in [1.54, 1.807) is 0 Å². The van der Waals surface area contributed by atoms with Crippen LogP contribution in [0.4, 0.5) is 9.52 Å². The largest absolute Gasteiger partial charge is 0.332 e. The van der Waals surface area contributed by atoms with Crippen LogP contribution in [0.15, 0.2) is 63.1 Å². The van der Waals surface area contributed by atoms with Gasteiger partial charge in [-0.1, -0.05) is 35.2 Å². The molecule has 1 amide bonds. The normalized spacial score (nSPS) is 11.3. The molecule has 176 valence electrons. The van der Waals surface area contributed by atoms with Gasteiger partial charge in [-0.25, -0.2) is 24.1 Å². The number of aryl methyl sites for hydroxylation is 1. The van der Waals surface area contributed by atoms with Crippen LogP contribution in [0.2, 0.25) is 0 Å². The average molecular weight is 509 g/mol. The molecule has 0 aliphatic carbocycles. The maximum Gasteiger partial charge on any atom is 0.332 e. The van der Waals surface area contributed by atoms with Gasteiger partial charge >= 0.3 is 5.69 Å². The number of hydrogen-bond donors (Lipinski definition) is 1. The predicted molar refractivity (Wildman–Crippen MR) is 134 cm³/mol. The van der Waals surface area contributed by atoms with Crippen molar-refractivity contribution in [1.29, 1.82) is 0 Å². The summed E-state index contributed by atoms with van der Waals surface area (Å²) >= 11 is 2.40. The number of thioether (sulfide) groups is 1. The molecule has 0 fully saturated rings. The number of anilines is 1. The van der Waals surface area contributed by atoms with Crippen LogP contribution in [0.3, 0.4) is 0 Å². The van der Waals surface area contributed by atoms with Crippen molar-refractivity contribution in [3.63, 3.8) is 0 Å². The van der Waals surface area contributed by atoms with E-state index in [1.807, 2.05) is 24.3 Å². The molecule has 0 saturated carbocycles. The fraction of sp³-hybridized carbons (Fsp3) is 0.130. The summed E-state index contributed by atoms with van der Waals surface area (Å²) < 4.78 is 16.6. The third-order valence-corrected chi connectivity index (χ3v) is 7.18. The summed E-state index contributed by atoms with van der Waals surface area (Å²) in [5, 5.41) is 3.60. The Labute approximate surface area is 205 Å². The first-order chi connectivity index (χ1) is 16.8. The molecule has 12 heteroatoms. The zero-order valence-electron chi connectivity index (χ0n) is 18.5. The first-order valence-corrected chi connectivity index (χ1v) is 12.1. The molecule has 9 nitrogen and oxygen atoms in total. The number of aromatic nitrogens is 5. The summed E-state index contributed by atoms with van der Waals surface area (Å²) in [7, 11) is 2.87. The third-order valence-electron chi connectivity index (χ3n) is 5.25. The smallest absolute Gasteiger partial charge is 0.301 e. The van der Waals surface area contributed by atoms with E-state index >= 15 is 0 Å². The van der Waals surface area contributed by atoms with Crippen molar-refractivity contribution < 1.29 is 9.18 Å². The zero-order valence-corrected chi connectivity index (χ0v) is 20.1. The van der Waals surface area contributed by atoms with E-state index in [4.69, 9.17) is 0 Å². The maximum absolute atomic E-state index is 13.4. The number of thiazole rings is 1. The van der Waals surface area contributed by atoms with Gasteiger partial charge in [0, 0.05) is 19.7 Å². The molecule has 35 heavy (non-hydrogen) atoms. The Bertz CT molecular complexity index is 1690. The Hall–Kier alpha value is -3.90. The highest BCUT2D eigenvalue weighted by atomic mass is 32.2. The lowest BCUT2D eigenvalue weighted by Gasteiger charge is -2.12. The van der Waals surface area contributed by atoms with Gasteiger partial charge in [-0.15, -0.1) is 0 Å². The number of carbonyl (C=O) groups is 1. The number of nitrogens with zero attached hydrogens (tertiary/aromatic N) is 5. The summed E-state index contributed by atoms with van der Waals surface area (Å²) in [4.78, 5) is 51.4. The van der Waals surface area contributed by atoms with Crippen molar-refractivity contribution in [2.75, 3.05) is 11.1 Å². The zero-order chi connectivity index (χ0) is 24.7. The van der Waals surface area contributed by atoms with Crippen LogP contribution in [-0.4, -0.2) is 35.7 Å². The standard InChI is InChI=1S/C23H17FN6O3S2/c1-29-19-17(21(32)30(2)23(29)33)20(28-18(27-19)12-7-9-13(24)10-8-12)34-11-16(31)26-22-25-14-5-3-4-6-15(14)35-22/h3-10H,11H2,1-2H3,(H,25,26,31). The minimum Gasteiger partial charge on any atom is -0.301 e. The molecule has 0 aliphatic rings. The second-order valence-corrected chi connectivity index (χ2v) is 9.58. The van der Waals surface area contributed by atoms with E-state index < -0.39 is 17.1 Å². The van der Waals surface area contributed by atoms with Crippen LogP contribution in [-0.2, 0) is 18.9 Å². The molecule has 0 spiro atoms. The molecule has 5 aromatic rings. The van der Waals surface area contributed by atoms with E-state index in [0.717, 1.165) is 26.5 Å². The Balaban J connectivity index is 1.52. The van der Waals surface area contributed by atoms with Gasteiger partial charge in [0.25, 0.3) is 5.56 Å². The van der Waals surface area contributed by atoms with Crippen LogP contribution in [0.1, 0.15) is 0 Å². The first-order valence-electron chi connectivity index (χ1n) is 10.3. The summed E-state index contributed by atoms with van der Waals surface area (Å²) in [5.41, 5.74) is 0.304. The Morgan fingerprint density at radius 3 is 2.51 bits per heavy atom. The van der Waals surface area contributed by atoms with Gasteiger partial charge in [0.2, 0.25) is 5.91 Å². The number of nitrogens with one attached hydrogen (secondary N) is 1. The minimum absolute atomic E-state index is 0.0586. The number of hydrogen-bond acceptors (Lipinski definition) is 8. The number of fused-ring (bicyclic) bond motifs is 2. The van der Waals surface area contributed by atoms with Gasteiger partial charge in [-0.2, -0.15) is 0 Å². The van der Waals surface area contributed by atoms with E-state index in [0.29, 0.717) is 10.7 Å². The highest BCUT2D eigenvalue weighted by molar-refractivity contribution is 8.00. The number of para-hydroxylation sites is 1. The Morgan fingerprint density at radius 1 is 1.03 bits per heavy atom. The molecular formula is C23H17FN6O3S2. The van der Waals surface area contributed by atoms with E-state index in [2.05, 4.69) is 20.3 Å². The van der Waals surface area contributed by atoms with Crippen molar-refractivity contribution >= 4 is 55.4 Å². The van der Waals surface area contributed by atoms with Crippen LogP contribution in [0.25, 0.3) is 32.6 Å². The van der Waals surface area contributed by atoms with Gasteiger partial charge in [0.15, 0.2) is 16.6 Å². The highest BCUT2D eigenvalue weighted by Gasteiger charge is 2.19. The highest BCUT2D eigenvalue weighted by Crippen LogP contribution is 2.28. The van der Waals surface area contributed by atoms with Gasteiger partial charge in [0.05, 0.1) is 16.0 Å². The molecule has 5 rings (SSSR count). The monoisotopic (exact) mass is 508 g/mol. The van der Waals surface area contributed by atoms with Crippen LogP contribution >= 0.6 is 23.1 Å². The van der Waals surface area contributed by atoms with Crippen molar-refractivity contribution in [2.45, 2.75) is 5.03 Å². The Morgan fingerprint density at radius 2 is 1.77 bits per heavy atom. The van der Waals surface area contributed by atoms with Crippen molar-refractivity contribution in [1.82, 2.24) is 24.1 Å². The van der Waals surface area contributed by atoms with E-state index in [1.165, 1.54) is 54.3 Å². The SMILES string of the molecule is Cn1c(=O)c2c(SCC(=O)Nc3nc4ccccc4s3)nc(-c3ccc(F)cc3)nc2n(C)c1=O. The second-order valence-electron chi connectivity index (χ2n) is 7.59. The maximum atomic E-state index is 13.4. The molecule has 0 saturated heterocycles. The second kappa shape index (κ2) is 9.04. The fourth-order valence-electron chi connectivity index (χ4n) is 3.48. The Kier molecular flexibility index (Phi) is 5.91. The van der Waals surface area contributed by atoms with Crippen molar-refractivity contribution in [3.8, 4) is 11.4 Å². The number of benzene rings is 2. The van der Waals surface area contributed by atoms with Gasteiger partial charge in [-0.05, 0) is 36.4 Å². The molecular weight excluding hydrogens is 491 g/mol. The molecule has 3 heterocycles. The lowest BCUT2D eigenvalue weighted by atomic mass is 10.2. The number of amides is 1. The number of carbonyl (C=O) groups excluding carboxylic acids is 1. The first kappa shape index (κ1) is 22.9. The predicted octanol–water partition coefficient (Wildman–Crippen LogP) is 3.17. The lowest BCUT2D eigenvalue weighted by Crippen LogP contribution is -2.37. The van der Waals surface area contributed by atoms with E-state index in [-0.39, 0.29) is 33.5 Å². The van der Waals surface area contributed by atoms with E-state index in [9.17, 15) is 18.8 Å². The van der Waals surface area contributed by atoms with Crippen molar-refractivity contribution in [2.24, 2.45) is 14.1 Å². The molecule has 0 radical (unpaired) electrons. The summed E-state index contributed by atoms with van der Waals surface area (Å²) in [5.74, 6) is -0.603. The average Bonchev–Trinajstić information content (AvgIpc) is 3.27. The minimum atomic E-state index is -0.567. The topological polar surface area (TPSA) is 112 Å². The van der Waals surface area contributed by atoms with Crippen molar-refractivity contribution in [3.05, 3.63) is 75.2 Å². The molecule has 2 aromatic carbocycles. The summed E-state index contributed by atoms with van der Waals surface area (Å²) in [6.45, 7) is 0. The fourth-order valence-corrected chi connectivity index (χ4v) is 5.17. The third kappa shape index (κ3) is 4.33. The molecule has 3 aromatic heterocycles. The number of rotatable bonds is 5. The molecule has 0 unspecified atom stereocenters. The van der Waals surface area contributed by atoms with Crippen LogP contribution in [0.5, 0.6) is 0 Å². The number of halogens is 1. The molecule has 0 bridgehead atoms. The summed E-state index contributed by atoms with van der Waals surface area (Å²) in [6, 6.07) is 13.1. The van der Waals surface area contributed by atoms with Gasteiger partial charge in [0.1, 0.15) is 16.2 Å². The summed E-state index contributed by atoms with van der Waals surface area (Å²) in [6.07, 6.45) is 0. The van der Waals surface area contributed by atoms with Gasteiger partial charge in [-0.3, -0.25) is 18.7 Å². The molecule has 1 N–H and O–H groups in total. The lowest BCUT2D eigenvalue weighted by molar-refractivity contribution is -0.113. The molecule has 0 atom stereocenters. The van der Waals surface area contributed by atoms with Gasteiger partial charge < -0.3 is 5.32 Å².